The van der Waals surface area contributed by atoms with Gasteiger partial charge in [0.05, 0.1) is 0 Å². The number of aromatic amines is 1. The van der Waals surface area contributed by atoms with Gasteiger partial charge in [0, 0.05) is 68.5 Å². The van der Waals surface area contributed by atoms with Gasteiger partial charge >= 0.3 is 0 Å². The summed E-state index contributed by atoms with van der Waals surface area (Å²) in [4.78, 5) is 21.4. The molecule has 1 saturated heterocycles. The summed E-state index contributed by atoms with van der Waals surface area (Å²) in [5.41, 5.74) is 2.74. The zero-order valence-corrected chi connectivity index (χ0v) is 15.0. The molecule has 0 bridgehead atoms. The highest BCUT2D eigenvalue weighted by atomic mass is 35.5. The summed E-state index contributed by atoms with van der Waals surface area (Å²) < 4.78 is 0. The average molecular weight is 369 g/mol. The Labute approximate surface area is 150 Å². The van der Waals surface area contributed by atoms with E-state index in [9.17, 15) is 4.79 Å². The second kappa shape index (κ2) is 7.50. The number of hydrogen-bond donors (Lipinski definition) is 2. The van der Waals surface area contributed by atoms with Gasteiger partial charge in [-0.25, -0.2) is 4.98 Å². The predicted molar refractivity (Wildman–Crippen MR) is 96.1 cm³/mol. The summed E-state index contributed by atoms with van der Waals surface area (Å²) in [5.74, 6) is 0.0483. The van der Waals surface area contributed by atoms with E-state index in [0.29, 0.717) is 12.2 Å². The fraction of sp³-hybridized carbons (Fsp3) is 0.533. The highest BCUT2D eigenvalue weighted by Crippen LogP contribution is 2.21. The molecule has 9 heteroatoms. The smallest absolute Gasteiger partial charge is 0.274 e. The summed E-state index contributed by atoms with van der Waals surface area (Å²) >= 11 is 1.65. The van der Waals surface area contributed by atoms with Crippen molar-refractivity contribution in [2.24, 2.45) is 0 Å². The van der Waals surface area contributed by atoms with Crippen molar-refractivity contribution in [3.8, 4) is 0 Å². The second-order valence-electron chi connectivity index (χ2n) is 5.90. The molecule has 130 valence electrons. The standard InChI is InChI=1S/C15H20N6OS.ClH/c22-14(13-11-10-16-3-2-12(11)18-19-13)20-5-1-6-21(8-7-20)15-17-4-9-23-15;/h4,9,16H,1-3,5-8,10H2,(H,18,19);1H. The third kappa shape index (κ3) is 3.26. The number of H-pyrrole nitrogens is 1. The van der Waals surface area contributed by atoms with Crippen LogP contribution in [0.4, 0.5) is 5.13 Å². The molecule has 7 nitrogen and oxygen atoms in total. The van der Waals surface area contributed by atoms with Crippen LogP contribution < -0.4 is 10.2 Å². The van der Waals surface area contributed by atoms with Crippen molar-refractivity contribution in [1.82, 2.24) is 25.4 Å². The SMILES string of the molecule is Cl.O=C(c1n[nH]c2c1CNCC2)N1CCCN(c2nccs2)CC1. The third-order valence-electron chi connectivity index (χ3n) is 4.48. The maximum Gasteiger partial charge on any atom is 0.274 e. The Bertz CT molecular complexity index is 688. The molecule has 24 heavy (non-hydrogen) atoms. The first-order valence-electron chi connectivity index (χ1n) is 8.03. The van der Waals surface area contributed by atoms with E-state index >= 15 is 0 Å². The van der Waals surface area contributed by atoms with Crippen LogP contribution in [0.25, 0.3) is 0 Å². The zero-order valence-electron chi connectivity index (χ0n) is 13.3. The minimum atomic E-state index is 0. The number of nitrogens with one attached hydrogen (secondary N) is 2. The Kier molecular flexibility index (Phi) is 5.37. The quantitative estimate of drug-likeness (QED) is 0.835. The highest BCUT2D eigenvalue weighted by molar-refractivity contribution is 7.13. The van der Waals surface area contributed by atoms with Crippen molar-refractivity contribution in [2.75, 3.05) is 37.6 Å². The Balaban J connectivity index is 0.00000169. The molecule has 2 N–H and O–H groups in total. The van der Waals surface area contributed by atoms with Crippen LogP contribution in [0, 0.1) is 0 Å². The van der Waals surface area contributed by atoms with Crippen LogP contribution in [0.15, 0.2) is 11.6 Å². The molecule has 1 amide bonds. The highest BCUT2D eigenvalue weighted by Gasteiger charge is 2.27. The zero-order chi connectivity index (χ0) is 15.6. The number of carbonyl (C=O) groups is 1. The number of carbonyl (C=O) groups excluding carboxylic acids is 1. The van der Waals surface area contributed by atoms with Gasteiger partial charge in [0.1, 0.15) is 0 Å². The summed E-state index contributed by atoms with van der Waals surface area (Å²) in [6, 6.07) is 0. The molecule has 0 atom stereocenters. The minimum absolute atomic E-state index is 0. The van der Waals surface area contributed by atoms with Crippen molar-refractivity contribution >= 4 is 34.8 Å². The first kappa shape index (κ1) is 17.2. The number of rotatable bonds is 2. The lowest BCUT2D eigenvalue weighted by atomic mass is 10.1. The van der Waals surface area contributed by atoms with Gasteiger partial charge in [-0.3, -0.25) is 9.89 Å². The monoisotopic (exact) mass is 368 g/mol. The molecule has 4 rings (SSSR count). The molecular weight excluding hydrogens is 348 g/mol. The van der Waals surface area contributed by atoms with E-state index < -0.39 is 0 Å². The number of amides is 1. The lowest BCUT2D eigenvalue weighted by molar-refractivity contribution is 0.0759. The Morgan fingerprint density at radius 1 is 1.25 bits per heavy atom. The fourth-order valence-corrected chi connectivity index (χ4v) is 3.93. The second-order valence-corrected chi connectivity index (χ2v) is 6.78. The molecule has 0 spiro atoms. The maximum atomic E-state index is 12.9. The number of anilines is 1. The fourth-order valence-electron chi connectivity index (χ4n) is 3.24. The molecule has 0 aliphatic carbocycles. The molecule has 1 fully saturated rings. The first-order chi connectivity index (χ1) is 11.3. The molecule has 2 aliphatic heterocycles. The van der Waals surface area contributed by atoms with E-state index in [4.69, 9.17) is 0 Å². The number of hydrogen-bond acceptors (Lipinski definition) is 6. The van der Waals surface area contributed by atoms with E-state index in [1.165, 1.54) is 0 Å². The van der Waals surface area contributed by atoms with E-state index in [-0.39, 0.29) is 18.3 Å². The van der Waals surface area contributed by atoms with Crippen molar-refractivity contribution in [3.63, 3.8) is 0 Å². The van der Waals surface area contributed by atoms with E-state index in [0.717, 1.165) is 62.0 Å². The lowest BCUT2D eigenvalue weighted by Gasteiger charge is -2.22. The molecule has 0 saturated carbocycles. The number of halogens is 1. The Morgan fingerprint density at radius 2 is 2.17 bits per heavy atom. The minimum Gasteiger partial charge on any atom is -0.346 e. The van der Waals surface area contributed by atoms with Crippen LogP contribution in [-0.2, 0) is 13.0 Å². The third-order valence-corrected chi connectivity index (χ3v) is 5.31. The summed E-state index contributed by atoms with van der Waals surface area (Å²) in [6.45, 7) is 4.92. The summed E-state index contributed by atoms with van der Waals surface area (Å²) in [5, 5.41) is 13.7. The lowest BCUT2D eigenvalue weighted by Crippen LogP contribution is -2.36. The molecule has 4 heterocycles. The topological polar surface area (TPSA) is 77.2 Å². The van der Waals surface area contributed by atoms with Crippen molar-refractivity contribution < 1.29 is 4.79 Å². The van der Waals surface area contributed by atoms with Crippen molar-refractivity contribution in [3.05, 3.63) is 28.5 Å². The van der Waals surface area contributed by atoms with Gasteiger partial charge in [0.2, 0.25) is 0 Å². The van der Waals surface area contributed by atoms with Crippen LogP contribution in [0.5, 0.6) is 0 Å². The van der Waals surface area contributed by atoms with Gasteiger partial charge in [-0.2, -0.15) is 5.10 Å². The van der Waals surface area contributed by atoms with Crippen LogP contribution in [0.2, 0.25) is 0 Å². The number of thiazole rings is 1. The number of aromatic nitrogens is 3. The molecule has 0 unspecified atom stereocenters. The van der Waals surface area contributed by atoms with E-state index in [2.05, 4.69) is 25.4 Å². The Morgan fingerprint density at radius 3 is 3.00 bits per heavy atom. The van der Waals surface area contributed by atoms with E-state index in [1.54, 1.807) is 11.3 Å². The molecule has 2 aromatic heterocycles. The molecular formula is C15H21ClN6OS. The number of nitrogens with zero attached hydrogens (tertiary/aromatic N) is 4. The Hall–Kier alpha value is -1.64. The van der Waals surface area contributed by atoms with Gasteiger partial charge in [0.25, 0.3) is 5.91 Å². The molecule has 0 aromatic carbocycles. The van der Waals surface area contributed by atoms with Gasteiger partial charge in [0.15, 0.2) is 10.8 Å². The van der Waals surface area contributed by atoms with Gasteiger partial charge in [-0.05, 0) is 6.42 Å². The molecule has 0 radical (unpaired) electrons. The largest absolute Gasteiger partial charge is 0.346 e. The van der Waals surface area contributed by atoms with Crippen LogP contribution in [-0.4, -0.2) is 58.7 Å². The maximum absolute atomic E-state index is 12.9. The van der Waals surface area contributed by atoms with Crippen molar-refractivity contribution in [1.29, 1.82) is 0 Å². The van der Waals surface area contributed by atoms with Gasteiger partial charge in [-0.1, -0.05) is 0 Å². The summed E-state index contributed by atoms with van der Waals surface area (Å²) in [6.07, 6.45) is 3.69. The van der Waals surface area contributed by atoms with Gasteiger partial charge in [-0.15, -0.1) is 23.7 Å². The average Bonchev–Trinajstić information content (AvgIpc) is 3.19. The van der Waals surface area contributed by atoms with Crippen LogP contribution in [0.1, 0.15) is 28.2 Å². The predicted octanol–water partition coefficient (Wildman–Crippen LogP) is 1.29. The normalized spacial score (nSPS) is 17.8. The first-order valence-corrected chi connectivity index (χ1v) is 8.91. The summed E-state index contributed by atoms with van der Waals surface area (Å²) in [7, 11) is 0. The van der Waals surface area contributed by atoms with Crippen LogP contribution in [0.3, 0.4) is 0 Å². The van der Waals surface area contributed by atoms with E-state index in [1.807, 2.05) is 16.5 Å². The van der Waals surface area contributed by atoms with Gasteiger partial charge < -0.3 is 15.1 Å². The molecule has 2 aromatic rings. The van der Waals surface area contributed by atoms with Crippen molar-refractivity contribution in [2.45, 2.75) is 19.4 Å². The molecule has 2 aliphatic rings. The number of fused-ring (bicyclic) bond motifs is 1. The van der Waals surface area contributed by atoms with Crippen LogP contribution >= 0.6 is 23.7 Å².